The molecule has 2 aromatic rings. The van der Waals surface area contributed by atoms with Crippen molar-refractivity contribution in [2.45, 2.75) is 25.3 Å². The monoisotopic (exact) mass is 223 g/mol. The van der Waals surface area contributed by atoms with E-state index in [0.717, 1.165) is 12.5 Å². The van der Waals surface area contributed by atoms with Crippen molar-refractivity contribution in [1.29, 1.82) is 0 Å². The molecule has 1 aliphatic heterocycles. The summed E-state index contributed by atoms with van der Waals surface area (Å²) in [5.74, 6) is 0.898. The molecule has 1 aliphatic carbocycles. The Morgan fingerprint density at radius 2 is 1.88 bits per heavy atom. The Morgan fingerprint density at radius 1 is 1.00 bits per heavy atom. The van der Waals surface area contributed by atoms with Crippen LogP contribution in [0.5, 0.6) is 0 Å². The first-order valence-corrected chi connectivity index (χ1v) is 6.67. The van der Waals surface area contributed by atoms with E-state index in [4.69, 9.17) is 0 Å². The summed E-state index contributed by atoms with van der Waals surface area (Å²) in [7, 11) is 0. The topological polar surface area (TPSA) is 12.0 Å². The Balaban J connectivity index is 1.94. The fraction of sp³-hybridized carbons (Fsp3) is 0.375. The highest BCUT2D eigenvalue weighted by Crippen LogP contribution is 2.44. The van der Waals surface area contributed by atoms with E-state index in [9.17, 15) is 0 Å². The van der Waals surface area contributed by atoms with Gasteiger partial charge in [-0.25, -0.2) is 0 Å². The highest BCUT2D eigenvalue weighted by atomic mass is 14.9. The normalized spacial score (nSPS) is 23.6. The summed E-state index contributed by atoms with van der Waals surface area (Å²) >= 11 is 0. The Kier molecular flexibility index (Phi) is 2.03. The maximum absolute atomic E-state index is 3.70. The summed E-state index contributed by atoms with van der Waals surface area (Å²) in [5, 5.41) is 6.56. The molecule has 2 aliphatic rings. The van der Waals surface area contributed by atoms with E-state index < -0.39 is 0 Å². The van der Waals surface area contributed by atoms with Crippen LogP contribution in [0.1, 0.15) is 30.0 Å². The van der Waals surface area contributed by atoms with E-state index in [2.05, 4.69) is 41.7 Å². The van der Waals surface area contributed by atoms with Gasteiger partial charge in [0.25, 0.3) is 0 Å². The van der Waals surface area contributed by atoms with Crippen LogP contribution in [-0.4, -0.2) is 6.54 Å². The first kappa shape index (κ1) is 9.67. The Hall–Kier alpha value is -1.34. The second-order valence-corrected chi connectivity index (χ2v) is 5.37. The number of hydrogen-bond donors (Lipinski definition) is 1. The van der Waals surface area contributed by atoms with Gasteiger partial charge in [0.15, 0.2) is 0 Å². The molecule has 1 N–H and O–H groups in total. The van der Waals surface area contributed by atoms with Gasteiger partial charge < -0.3 is 5.32 Å². The minimum atomic E-state index is 0.628. The summed E-state index contributed by atoms with van der Waals surface area (Å²) in [6, 6.07) is 14.1. The molecule has 1 nitrogen and oxygen atoms in total. The van der Waals surface area contributed by atoms with Gasteiger partial charge in [-0.3, -0.25) is 0 Å². The van der Waals surface area contributed by atoms with Crippen LogP contribution in [0.15, 0.2) is 36.4 Å². The van der Waals surface area contributed by atoms with Gasteiger partial charge in [-0.05, 0) is 53.6 Å². The number of fused-ring (bicyclic) bond motifs is 3. The van der Waals surface area contributed by atoms with Gasteiger partial charge in [-0.1, -0.05) is 36.4 Å². The number of rotatable bonds is 1. The predicted octanol–water partition coefficient (Wildman–Crippen LogP) is 3.44. The van der Waals surface area contributed by atoms with Gasteiger partial charge in [0, 0.05) is 6.04 Å². The third kappa shape index (κ3) is 1.49. The largest absolute Gasteiger partial charge is 0.309 e. The molecule has 0 spiro atoms. The molecule has 1 fully saturated rings. The summed E-state index contributed by atoms with van der Waals surface area (Å²) in [5.41, 5.74) is 3.16. The lowest BCUT2D eigenvalue weighted by Gasteiger charge is -2.28. The molecule has 86 valence electrons. The van der Waals surface area contributed by atoms with Crippen molar-refractivity contribution in [2.24, 2.45) is 5.92 Å². The van der Waals surface area contributed by atoms with Gasteiger partial charge in [0.2, 0.25) is 0 Å². The quantitative estimate of drug-likeness (QED) is 0.781. The molecule has 1 heterocycles. The van der Waals surface area contributed by atoms with Gasteiger partial charge in [-0.15, -0.1) is 0 Å². The van der Waals surface area contributed by atoms with Crippen LogP contribution in [0, 0.1) is 5.92 Å². The Morgan fingerprint density at radius 3 is 2.76 bits per heavy atom. The van der Waals surface area contributed by atoms with Crippen molar-refractivity contribution < 1.29 is 0 Å². The van der Waals surface area contributed by atoms with Crippen molar-refractivity contribution in [3.05, 3.63) is 47.5 Å². The molecule has 0 aromatic heterocycles. The highest BCUT2D eigenvalue weighted by molar-refractivity contribution is 5.87. The number of hydrogen-bond acceptors (Lipinski definition) is 1. The predicted molar refractivity (Wildman–Crippen MR) is 71.1 cm³/mol. The molecule has 1 saturated carbocycles. The van der Waals surface area contributed by atoms with E-state index >= 15 is 0 Å². The van der Waals surface area contributed by atoms with Crippen LogP contribution in [0.4, 0.5) is 0 Å². The standard InChI is InChI=1S/C16H17N/c1-2-4-13-11(3-1)7-8-15-14(13)9-10-17-16(15)12-5-6-12/h1-4,7-8,12,16-17H,5-6,9-10H2. The smallest absolute Gasteiger partial charge is 0.0351 e. The van der Waals surface area contributed by atoms with Crippen molar-refractivity contribution in [3.8, 4) is 0 Å². The van der Waals surface area contributed by atoms with Crippen LogP contribution in [0.2, 0.25) is 0 Å². The highest BCUT2D eigenvalue weighted by Gasteiger charge is 2.34. The minimum Gasteiger partial charge on any atom is -0.309 e. The van der Waals surface area contributed by atoms with Crippen LogP contribution in [-0.2, 0) is 6.42 Å². The van der Waals surface area contributed by atoms with Gasteiger partial charge >= 0.3 is 0 Å². The number of nitrogens with one attached hydrogen (secondary N) is 1. The lowest BCUT2D eigenvalue weighted by atomic mass is 9.88. The van der Waals surface area contributed by atoms with Gasteiger partial charge in [-0.2, -0.15) is 0 Å². The zero-order valence-corrected chi connectivity index (χ0v) is 9.95. The van der Waals surface area contributed by atoms with E-state index in [0.29, 0.717) is 6.04 Å². The summed E-state index contributed by atoms with van der Waals surface area (Å²) in [6.45, 7) is 1.14. The first-order chi connectivity index (χ1) is 8.43. The first-order valence-electron chi connectivity index (χ1n) is 6.67. The van der Waals surface area contributed by atoms with Crippen molar-refractivity contribution in [1.82, 2.24) is 5.32 Å². The molecule has 1 heteroatoms. The summed E-state index contributed by atoms with van der Waals surface area (Å²) < 4.78 is 0. The fourth-order valence-electron chi connectivity index (χ4n) is 3.24. The van der Waals surface area contributed by atoms with Crippen LogP contribution < -0.4 is 5.32 Å². The minimum absolute atomic E-state index is 0.628. The van der Waals surface area contributed by atoms with Crippen molar-refractivity contribution in [3.63, 3.8) is 0 Å². The Labute approximate surface area is 102 Å². The third-order valence-corrected chi connectivity index (χ3v) is 4.24. The van der Waals surface area contributed by atoms with E-state index in [1.165, 1.54) is 30.0 Å². The molecular weight excluding hydrogens is 206 g/mol. The summed E-state index contributed by atoms with van der Waals surface area (Å²) in [6.07, 6.45) is 3.99. The maximum atomic E-state index is 3.70. The SMILES string of the molecule is c1ccc2c3c(ccc2c1)C(C1CC1)NCC3. The third-order valence-electron chi connectivity index (χ3n) is 4.24. The van der Waals surface area contributed by atoms with E-state index in [-0.39, 0.29) is 0 Å². The molecule has 0 amide bonds. The zero-order valence-electron chi connectivity index (χ0n) is 9.95. The second-order valence-electron chi connectivity index (χ2n) is 5.37. The molecule has 0 saturated heterocycles. The molecule has 0 radical (unpaired) electrons. The molecule has 17 heavy (non-hydrogen) atoms. The van der Waals surface area contributed by atoms with Crippen molar-refractivity contribution >= 4 is 10.8 Å². The van der Waals surface area contributed by atoms with Crippen LogP contribution >= 0.6 is 0 Å². The van der Waals surface area contributed by atoms with E-state index in [1.54, 1.807) is 11.1 Å². The molecule has 2 aromatic carbocycles. The average Bonchev–Trinajstić information content (AvgIpc) is 3.22. The van der Waals surface area contributed by atoms with Gasteiger partial charge in [0.1, 0.15) is 0 Å². The van der Waals surface area contributed by atoms with E-state index in [1.807, 2.05) is 0 Å². The lowest BCUT2D eigenvalue weighted by Crippen LogP contribution is -2.31. The fourth-order valence-corrected chi connectivity index (χ4v) is 3.24. The van der Waals surface area contributed by atoms with Crippen molar-refractivity contribution in [2.75, 3.05) is 6.54 Å². The van der Waals surface area contributed by atoms with Gasteiger partial charge in [0.05, 0.1) is 0 Å². The number of benzene rings is 2. The average molecular weight is 223 g/mol. The zero-order chi connectivity index (χ0) is 11.2. The Bertz CT molecular complexity index is 569. The molecule has 1 unspecified atom stereocenters. The molecular formula is C16H17N. The maximum Gasteiger partial charge on any atom is 0.0351 e. The molecule has 4 rings (SSSR count). The summed E-state index contributed by atoms with van der Waals surface area (Å²) in [4.78, 5) is 0. The molecule has 0 bridgehead atoms. The van der Waals surface area contributed by atoms with Crippen LogP contribution in [0.25, 0.3) is 10.8 Å². The second kappa shape index (κ2) is 3.58. The lowest BCUT2D eigenvalue weighted by molar-refractivity contribution is 0.459. The van der Waals surface area contributed by atoms with Crippen LogP contribution in [0.3, 0.4) is 0 Å². The molecule has 1 atom stereocenters.